The summed E-state index contributed by atoms with van der Waals surface area (Å²) in [4.78, 5) is 13.2. The molecule has 0 aliphatic carbocycles. The number of nitrogens with zero attached hydrogens (tertiary/aromatic N) is 3. The van der Waals surface area contributed by atoms with Crippen LogP contribution in [0.3, 0.4) is 0 Å². The summed E-state index contributed by atoms with van der Waals surface area (Å²) in [6, 6.07) is 1.91. The summed E-state index contributed by atoms with van der Waals surface area (Å²) in [5.41, 5.74) is 0. The Labute approximate surface area is 125 Å². The maximum absolute atomic E-state index is 4.51. The first-order chi connectivity index (χ1) is 9.19. The maximum Gasteiger partial charge on any atom is 0.132 e. The van der Waals surface area contributed by atoms with E-state index in [-0.39, 0.29) is 0 Å². The van der Waals surface area contributed by atoms with Crippen LogP contribution in [0.15, 0.2) is 22.2 Å². The van der Waals surface area contributed by atoms with Crippen LogP contribution >= 0.6 is 27.3 Å². The number of aryl methyl sites for hydroxylation is 1. The number of anilines is 1. The van der Waals surface area contributed by atoms with Crippen molar-refractivity contribution in [2.75, 3.05) is 11.9 Å². The van der Waals surface area contributed by atoms with Gasteiger partial charge < -0.3 is 5.32 Å². The van der Waals surface area contributed by atoms with Crippen molar-refractivity contribution in [3.05, 3.63) is 33.1 Å². The number of hydrogen-bond acceptors (Lipinski definition) is 5. The summed E-state index contributed by atoms with van der Waals surface area (Å²) in [6.07, 6.45) is 3.79. The highest BCUT2D eigenvalue weighted by atomic mass is 79.9. The molecular formula is C13H17BrN4S. The highest BCUT2D eigenvalue weighted by Crippen LogP contribution is 2.19. The van der Waals surface area contributed by atoms with E-state index in [9.17, 15) is 0 Å². The smallest absolute Gasteiger partial charge is 0.132 e. The van der Waals surface area contributed by atoms with Gasteiger partial charge in [-0.25, -0.2) is 15.0 Å². The predicted molar refractivity (Wildman–Crippen MR) is 82.7 cm³/mol. The Morgan fingerprint density at radius 3 is 2.95 bits per heavy atom. The van der Waals surface area contributed by atoms with Gasteiger partial charge in [-0.15, -0.1) is 11.3 Å². The largest absolute Gasteiger partial charge is 0.369 e. The molecule has 102 valence electrons. The van der Waals surface area contributed by atoms with Gasteiger partial charge in [-0.3, -0.25) is 0 Å². The third-order valence-electron chi connectivity index (χ3n) is 2.68. The quantitative estimate of drug-likeness (QED) is 0.811. The van der Waals surface area contributed by atoms with E-state index in [0.717, 1.165) is 40.6 Å². The number of aromatic nitrogens is 3. The highest BCUT2D eigenvalue weighted by molar-refractivity contribution is 9.10. The minimum Gasteiger partial charge on any atom is -0.369 e. The molecule has 0 aliphatic rings. The molecule has 1 atom stereocenters. The van der Waals surface area contributed by atoms with Crippen molar-refractivity contribution in [1.82, 2.24) is 15.0 Å². The van der Waals surface area contributed by atoms with Crippen molar-refractivity contribution in [1.29, 1.82) is 0 Å². The van der Waals surface area contributed by atoms with Crippen LogP contribution in [0, 0.1) is 0 Å². The van der Waals surface area contributed by atoms with Crippen LogP contribution in [0.2, 0.25) is 0 Å². The second-order valence-corrected chi connectivity index (χ2v) is 6.13. The zero-order valence-corrected chi connectivity index (χ0v) is 13.5. The summed E-state index contributed by atoms with van der Waals surface area (Å²) >= 11 is 5.11. The Morgan fingerprint density at radius 2 is 2.26 bits per heavy atom. The van der Waals surface area contributed by atoms with Gasteiger partial charge in [0.1, 0.15) is 16.2 Å². The summed E-state index contributed by atoms with van der Waals surface area (Å²) in [5, 5.41) is 6.51. The average Bonchev–Trinajstić information content (AvgIpc) is 2.89. The van der Waals surface area contributed by atoms with E-state index in [1.807, 2.05) is 17.6 Å². The van der Waals surface area contributed by atoms with E-state index in [4.69, 9.17) is 0 Å². The lowest BCUT2D eigenvalue weighted by atomic mass is 10.2. The zero-order chi connectivity index (χ0) is 13.7. The fourth-order valence-electron chi connectivity index (χ4n) is 1.71. The molecule has 0 aromatic carbocycles. The molecule has 2 rings (SSSR count). The number of thiazole rings is 1. The van der Waals surface area contributed by atoms with Gasteiger partial charge >= 0.3 is 0 Å². The molecule has 1 unspecified atom stereocenters. The van der Waals surface area contributed by atoms with Gasteiger partial charge in [-0.1, -0.05) is 13.8 Å². The molecular weight excluding hydrogens is 324 g/mol. The van der Waals surface area contributed by atoms with Gasteiger partial charge in [0.05, 0.1) is 5.01 Å². The monoisotopic (exact) mass is 340 g/mol. The van der Waals surface area contributed by atoms with Crippen LogP contribution in [-0.2, 0) is 6.42 Å². The van der Waals surface area contributed by atoms with E-state index in [1.165, 1.54) is 0 Å². The number of hydrogen-bond donors (Lipinski definition) is 1. The Bertz CT molecular complexity index is 515. The maximum atomic E-state index is 4.51. The summed E-state index contributed by atoms with van der Waals surface area (Å²) in [6.45, 7) is 5.11. The molecule has 4 nitrogen and oxygen atoms in total. The lowest BCUT2D eigenvalue weighted by molar-refractivity contribution is 0.783. The third kappa shape index (κ3) is 4.24. The van der Waals surface area contributed by atoms with E-state index in [1.54, 1.807) is 11.3 Å². The molecule has 0 saturated heterocycles. The van der Waals surface area contributed by atoms with Crippen LogP contribution in [0.25, 0.3) is 0 Å². The van der Waals surface area contributed by atoms with Gasteiger partial charge in [-0.05, 0) is 22.4 Å². The fourth-order valence-corrected chi connectivity index (χ4v) is 2.83. The molecule has 2 heterocycles. The van der Waals surface area contributed by atoms with Gasteiger partial charge in [0.2, 0.25) is 0 Å². The second kappa shape index (κ2) is 6.96. The summed E-state index contributed by atoms with van der Waals surface area (Å²) in [5.74, 6) is 2.12. The molecule has 0 amide bonds. The molecule has 1 N–H and O–H groups in total. The zero-order valence-electron chi connectivity index (χ0n) is 11.1. The lowest BCUT2D eigenvalue weighted by Crippen LogP contribution is -2.11. The average molecular weight is 341 g/mol. The van der Waals surface area contributed by atoms with Gasteiger partial charge in [0.15, 0.2) is 0 Å². The lowest BCUT2D eigenvalue weighted by Gasteiger charge is -2.11. The van der Waals surface area contributed by atoms with Crippen molar-refractivity contribution >= 4 is 33.1 Å². The fraction of sp³-hybridized carbons (Fsp3) is 0.462. The number of halogens is 1. The van der Waals surface area contributed by atoms with Crippen LogP contribution < -0.4 is 5.32 Å². The minimum atomic E-state index is 0.378. The number of nitrogens with one attached hydrogen (secondary N) is 1. The molecule has 0 bridgehead atoms. The summed E-state index contributed by atoms with van der Waals surface area (Å²) in [7, 11) is 0. The van der Waals surface area contributed by atoms with E-state index in [0.29, 0.717) is 5.92 Å². The van der Waals surface area contributed by atoms with Gasteiger partial charge in [-0.2, -0.15) is 0 Å². The molecule has 0 radical (unpaired) electrons. The number of rotatable bonds is 6. The molecule has 2 aromatic rings. The Balaban J connectivity index is 1.99. The molecule has 0 fully saturated rings. The van der Waals surface area contributed by atoms with Crippen molar-refractivity contribution in [2.24, 2.45) is 0 Å². The first-order valence-corrected chi connectivity index (χ1v) is 8.03. The van der Waals surface area contributed by atoms with E-state index >= 15 is 0 Å². The van der Waals surface area contributed by atoms with Crippen LogP contribution in [0.5, 0.6) is 0 Å². The predicted octanol–water partition coefficient (Wildman–Crippen LogP) is 3.86. The van der Waals surface area contributed by atoms with Crippen LogP contribution in [0.1, 0.15) is 37.0 Å². The standard InChI is InChI=1S/C13H17BrN4S/c1-3-4-11-17-10(14)7-12(18-11)16-8-9(2)13-15-5-6-19-13/h5-7,9H,3-4,8H2,1-2H3,(H,16,17,18). The van der Waals surface area contributed by atoms with E-state index in [2.05, 4.69) is 50.0 Å². The van der Waals surface area contributed by atoms with Crippen LogP contribution in [0.4, 0.5) is 5.82 Å². The first-order valence-electron chi connectivity index (χ1n) is 6.35. The van der Waals surface area contributed by atoms with Crippen molar-refractivity contribution in [3.63, 3.8) is 0 Å². The van der Waals surface area contributed by atoms with Gasteiger partial charge in [0.25, 0.3) is 0 Å². The second-order valence-electron chi connectivity index (χ2n) is 4.39. The molecule has 2 aromatic heterocycles. The Hall–Kier alpha value is -1.01. The van der Waals surface area contributed by atoms with Crippen LogP contribution in [-0.4, -0.2) is 21.5 Å². The van der Waals surface area contributed by atoms with Crippen molar-refractivity contribution < 1.29 is 0 Å². The first kappa shape index (κ1) is 14.4. The molecule has 0 saturated carbocycles. The summed E-state index contributed by atoms with van der Waals surface area (Å²) < 4.78 is 0.829. The highest BCUT2D eigenvalue weighted by Gasteiger charge is 2.09. The normalized spacial score (nSPS) is 12.4. The van der Waals surface area contributed by atoms with Crippen molar-refractivity contribution in [3.8, 4) is 0 Å². The topological polar surface area (TPSA) is 50.7 Å². The van der Waals surface area contributed by atoms with Gasteiger partial charge in [0, 0.05) is 36.5 Å². The minimum absolute atomic E-state index is 0.378. The SMILES string of the molecule is CCCc1nc(Br)cc(NCC(C)c2nccs2)n1. The Morgan fingerprint density at radius 1 is 1.42 bits per heavy atom. The molecule has 6 heteroatoms. The molecule has 0 spiro atoms. The Kier molecular flexibility index (Phi) is 5.27. The molecule has 19 heavy (non-hydrogen) atoms. The molecule has 0 aliphatic heterocycles. The third-order valence-corrected chi connectivity index (χ3v) is 4.09. The van der Waals surface area contributed by atoms with Crippen molar-refractivity contribution in [2.45, 2.75) is 32.6 Å². The van der Waals surface area contributed by atoms with E-state index < -0.39 is 0 Å².